The zero-order valence-electron chi connectivity index (χ0n) is 13.5. The molecule has 6 heteroatoms. The maximum atomic E-state index is 12.1. The molecule has 0 aliphatic carbocycles. The molecule has 0 aromatic heterocycles. The van der Waals surface area contributed by atoms with Crippen LogP contribution in [0.3, 0.4) is 0 Å². The SMILES string of the molecule is CCC[C@H](C)NC(=O)COC(=O)c1cccc(OC)c1OC. The largest absolute Gasteiger partial charge is 0.493 e. The van der Waals surface area contributed by atoms with E-state index in [9.17, 15) is 9.59 Å². The van der Waals surface area contributed by atoms with Crippen LogP contribution in [0.2, 0.25) is 0 Å². The summed E-state index contributed by atoms with van der Waals surface area (Å²) in [6.07, 6.45) is 1.85. The van der Waals surface area contributed by atoms with Gasteiger partial charge < -0.3 is 19.5 Å². The first-order chi connectivity index (χ1) is 10.5. The van der Waals surface area contributed by atoms with Crippen molar-refractivity contribution in [3.8, 4) is 11.5 Å². The molecule has 22 heavy (non-hydrogen) atoms. The lowest BCUT2D eigenvalue weighted by molar-refractivity contribution is -0.124. The minimum absolute atomic E-state index is 0.0579. The number of carbonyl (C=O) groups is 2. The number of benzene rings is 1. The summed E-state index contributed by atoms with van der Waals surface area (Å²) in [6.45, 7) is 3.62. The Bertz CT molecular complexity index is 515. The molecule has 1 N–H and O–H groups in total. The lowest BCUT2D eigenvalue weighted by Crippen LogP contribution is -2.35. The van der Waals surface area contributed by atoms with Gasteiger partial charge in [0.15, 0.2) is 18.1 Å². The molecule has 6 nitrogen and oxygen atoms in total. The number of nitrogens with one attached hydrogen (secondary N) is 1. The number of hydrogen-bond donors (Lipinski definition) is 1. The van der Waals surface area contributed by atoms with Gasteiger partial charge in [0.1, 0.15) is 5.56 Å². The Labute approximate surface area is 130 Å². The predicted molar refractivity (Wildman–Crippen MR) is 82.3 cm³/mol. The Hall–Kier alpha value is -2.24. The minimum Gasteiger partial charge on any atom is -0.493 e. The fourth-order valence-corrected chi connectivity index (χ4v) is 2.08. The molecule has 0 saturated heterocycles. The van der Waals surface area contributed by atoms with Gasteiger partial charge in [-0.1, -0.05) is 19.4 Å². The maximum absolute atomic E-state index is 12.1. The van der Waals surface area contributed by atoms with Gasteiger partial charge in [0.25, 0.3) is 5.91 Å². The second-order valence-electron chi connectivity index (χ2n) is 4.87. The molecular formula is C16H23NO5. The van der Waals surface area contributed by atoms with E-state index in [1.807, 2.05) is 13.8 Å². The van der Waals surface area contributed by atoms with Crippen LogP contribution in [-0.4, -0.2) is 38.7 Å². The molecule has 122 valence electrons. The molecule has 1 aromatic rings. The molecule has 0 unspecified atom stereocenters. The monoisotopic (exact) mass is 309 g/mol. The molecule has 1 amide bonds. The van der Waals surface area contributed by atoms with Crippen molar-refractivity contribution in [1.29, 1.82) is 0 Å². The van der Waals surface area contributed by atoms with Gasteiger partial charge >= 0.3 is 5.97 Å². The van der Waals surface area contributed by atoms with E-state index < -0.39 is 5.97 Å². The normalized spacial score (nSPS) is 11.5. The number of carbonyl (C=O) groups excluding carboxylic acids is 2. The van der Waals surface area contributed by atoms with Crippen molar-refractivity contribution in [3.63, 3.8) is 0 Å². The van der Waals surface area contributed by atoms with Crippen molar-refractivity contribution in [1.82, 2.24) is 5.32 Å². The summed E-state index contributed by atoms with van der Waals surface area (Å²) in [5, 5.41) is 2.77. The molecule has 0 spiro atoms. The summed E-state index contributed by atoms with van der Waals surface area (Å²) in [5.41, 5.74) is 0.219. The van der Waals surface area contributed by atoms with Crippen LogP contribution in [0.25, 0.3) is 0 Å². The minimum atomic E-state index is -0.631. The van der Waals surface area contributed by atoms with E-state index in [1.165, 1.54) is 14.2 Å². The first-order valence-electron chi connectivity index (χ1n) is 7.20. The Morgan fingerprint density at radius 3 is 2.55 bits per heavy atom. The van der Waals surface area contributed by atoms with E-state index in [1.54, 1.807) is 18.2 Å². The highest BCUT2D eigenvalue weighted by Gasteiger charge is 2.18. The number of rotatable bonds is 8. The fraction of sp³-hybridized carbons (Fsp3) is 0.500. The van der Waals surface area contributed by atoms with Gasteiger partial charge in [0.05, 0.1) is 14.2 Å². The molecular weight excluding hydrogens is 286 g/mol. The van der Waals surface area contributed by atoms with E-state index in [0.29, 0.717) is 5.75 Å². The third-order valence-corrected chi connectivity index (χ3v) is 3.09. The highest BCUT2D eigenvalue weighted by molar-refractivity contribution is 5.94. The van der Waals surface area contributed by atoms with Crippen molar-refractivity contribution in [2.24, 2.45) is 0 Å². The molecule has 0 radical (unpaired) electrons. The van der Waals surface area contributed by atoms with Crippen LogP contribution in [0.4, 0.5) is 0 Å². The Morgan fingerprint density at radius 2 is 1.95 bits per heavy atom. The van der Waals surface area contributed by atoms with Crippen LogP contribution < -0.4 is 14.8 Å². The topological polar surface area (TPSA) is 73.9 Å². The summed E-state index contributed by atoms with van der Waals surface area (Å²) in [4.78, 5) is 23.8. The van der Waals surface area contributed by atoms with Gasteiger partial charge in [-0.15, -0.1) is 0 Å². The third-order valence-electron chi connectivity index (χ3n) is 3.09. The summed E-state index contributed by atoms with van der Waals surface area (Å²) < 4.78 is 15.3. The molecule has 0 bridgehead atoms. The van der Waals surface area contributed by atoms with Crippen molar-refractivity contribution >= 4 is 11.9 Å². The van der Waals surface area contributed by atoms with Gasteiger partial charge in [-0.3, -0.25) is 4.79 Å². The van der Waals surface area contributed by atoms with Gasteiger partial charge in [-0.25, -0.2) is 4.79 Å². The van der Waals surface area contributed by atoms with Crippen LogP contribution in [-0.2, 0) is 9.53 Å². The maximum Gasteiger partial charge on any atom is 0.342 e. The van der Waals surface area contributed by atoms with Crippen molar-refractivity contribution in [2.75, 3.05) is 20.8 Å². The smallest absolute Gasteiger partial charge is 0.342 e. The quantitative estimate of drug-likeness (QED) is 0.745. The van der Waals surface area contributed by atoms with Crippen molar-refractivity contribution in [3.05, 3.63) is 23.8 Å². The first kappa shape index (κ1) is 17.8. The third kappa shape index (κ3) is 4.95. The average molecular weight is 309 g/mol. The first-order valence-corrected chi connectivity index (χ1v) is 7.20. The van der Waals surface area contributed by atoms with Crippen molar-refractivity contribution in [2.45, 2.75) is 32.7 Å². The summed E-state index contributed by atoms with van der Waals surface area (Å²) in [6, 6.07) is 4.94. The average Bonchev–Trinajstić information content (AvgIpc) is 2.51. The van der Waals surface area contributed by atoms with Crippen LogP contribution in [0, 0.1) is 0 Å². The van der Waals surface area contributed by atoms with Crippen LogP contribution in [0.15, 0.2) is 18.2 Å². The summed E-state index contributed by atoms with van der Waals surface area (Å²) in [7, 11) is 2.92. The number of esters is 1. The van der Waals surface area contributed by atoms with Gasteiger partial charge in [0, 0.05) is 6.04 Å². The van der Waals surface area contributed by atoms with E-state index in [2.05, 4.69) is 5.32 Å². The van der Waals surface area contributed by atoms with Gasteiger partial charge in [-0.05, 0) is 25.5 Å². The molecule has 0 saturated carbocycles. The van der Waals surface area contributed by atoms with E-state index >= 15 is 0 Å². The second-order valence-corrected chi connectivity index (χ2v) is 4.87. The molecule has 1 atom stereocenters. The van der Waals surface area contributed by atoms with E-state index in [0.717, 1.165) is 12.8 Å². The number of methoxy groups -OCH3 is 2. The Morgan fingerprint density at radius 1 is 1.23 bits per heavy atom. The van der Waals surface area contributed by atoms with Crippen LogP contribution >= 0.6 is 0 Å². The molecule has 1 rings (SSSR count). The zero-order valence-corrected chi connectivity index (χ0v) is 13.5. The van der Waals surface area contributed by atoms with Gasteiger partial charge in [0.2, 0.25) is 0 Å². The lowest BCUT2D eigenvalue weighted by Gasteiger charge is -2.14. The Balaban J connectivity index is 2.64. The van der Waals surface area contributed by atoms with Gasteiger partial charge in [-0.2, -0.15) is 0 Å². The zero-order chi connectivity index (χ0) is 16.5. The highest BCUT2D eigenvalue weighted by Crippen LogP contribution is 2.30. The molecule has 0 aliphatic heterocycles. The number of ether oxygens (including phenoxy) is 3. The summed E-state index contributed by atoms with van der Waals surface area (Å²) >= 11 is 0. The fourth-order valence-electron chi connectivity index (χ4n) is 2.08. The number of amides is 1. The molecule has 0 fully saturated rings. The Kier molecular flexibility index (Phi) is 7.22. The van der Waals surface area contributed by atoms with E-state index in [-0.39, 0.29) is 29.9 Å². The number of hydrogen-bond acceptors (Lipinski definition) is 5. The molecule has 0 heterocycles. The second kappa shape index (κ2) is 8.92. The lowest BCUT2D eigenvalue weighted by atomic mass is 10.2. The molecule has 1 aromatic carbocycles. The number of para-hydroxylation sites is 1. The summed E-state index contributed by atoms with van der Waals surface area (Å²) in [5.74, 6) is -0.238. The standard InChI is InChI=1S/C16H23NO5/c1-5-7-11(2)17-14(18)10-22-16(19)12-8-6-9-13(20-3)15(12)21-4/h6,8-9,11H,5,7,10H2,1-4H3,(H,17,18)/t11-/m0/s1. The molecule has 0 aliphatic rings. The van der Waals surface area contributed by atoms with E-state index in [4.69, 9.17) is 14.2 Å². The van der Waals surface area contributed by atoms with Crippen LogP contribution in [0.5, 0.6) is 11.5 Å². The highest BCUT2D eigenvalue weighted by atomic mass is 16.5. The van der Waals surface area contributed by atoms with Crippen LogP contribution in [0.1, 0.15) is 37.0 Å². The predicted octanol–water partition coefficient (Wildman–Crippen LogP) is 2.17. The van der Waals surface area contributed by atoms with Crippen molar-refractivity contribution < 1.29 is 23.8 Å².